The van der Waals surface area contributed by atoms with Crippen molar-refractivity contribution >= 4 is 5.91 Å². The fourth-order valence-electron chi connectivity index (χ4n) is 2.71. The third-order valence-corrected chi connectivity index (χ3v) is 3.99. The highest BCUT2D eigenvalue weighted by Crippen LogP contribution is 2.17. The molecule has 0 aromatic heterocycles. The Labute approximate surface area is 115 Å². The summed E-state index contributed by atoms with van der Waals surface area (Å²) in [5, 5.41) is 0. The molecule has 0 bridgehead atoms. The first-order chi connectivity index (χ1) is 9.20. The molecule has 1 aromatic carbocycles. The third kappa shape index (κ3) is 3.80. The van der Waals surface area contributed by atoms with Crippen LogP contribution in [0.1, 0.15) is 43.7 Å². The summed E-state index contributed by atoms with van der Waals surface area (Å²) in [6.45, 7) is 3.64. The van der Waals surface area contributed by atoms with Crippen molar-refractivity contribution in [2.75, 3.05) is 6.54 Å². The molecule has 0 spiro atoms. The average Bonchev–Trinajstić information content (AvgIpc) is 2.64. The van der Waals surface area contributed by atoms with Gasteiger partial charge < -0.3 is 10.6 Å². The lowest BCUT2D eigenvalue weighted by molar-refractivity contribution is -0.132. The van der Waals surface area contributed by atoms with Gasteiger partial charge >= 0.3 is 0 Å². The quantitative estimate of drug-likeness (QED) is 0.907. The summed E-state index contributed by atoms with van der Waals surface area (Å²) in [5.74, 6) is 0.259. The summed E-state index contributed by atoms with van der Waals surface area (Å²) >= 11 is 0. The molecular weight excluding hydrogens is 236 g/mol. The number of carbonyl (C=O) groups is 1. The molecule has 2 N–H and O–H groups in total. The molecular formula is C16H24N2O. The van der Waals surface area contributed by atoms with Gasteiger partial charge in [0, 0.05) is 19.1 Å². The van der Waals surface area contributed by atoms with E-state index in [1.165, 1.54) is 12.8 Å². The summed E-state index contributed by atoms with van der Waals surface area (Å²) in [6.07, 6.45) is 5.28. The van der Waals surface area contributed by atoms with Gasteiger partial charge in [-0.2, -0.15) is 0 Å². The molecule has 0 saturated carbocycles. The van der Waals surface area contributed by atoms with Crippen LogP contribution in [0.25, 0.3) is 0 Å². The summed E-state index contributed by atoms with van der Waals surface area (Å²) in [7, 11) is 0. The van der Waals surface area contributed by atoms with Gasteiger partial charge in [0.15, 0.2) is 0 Å². The van der Waals surface area contributed by atoms with Gasteiger partial charge in [0.1, 0.15) is 0 Å². The predicted molar refractivity (Wildman–Crippen MR) is 77.7 cm³/mol. The second-order valence-electron chi connectivity index (χ2n) is 5.48. The number of likely N-dealkylation sites (tertiary alicyclic amines) is 1. The number of hydrogen-bond acceptors (Lipinski definition) is 2. The lowest BCUT2D eigenvalue weighted by Gasteiger charge is -2.27. The van der Waals surface area contributed by atoms with Gasteiger partial charge in [-0.05, 0) is 30.9 Å². The molecule has 0 aliphatic carbocycles. The topological polar surface area (TPSA) is 46.3 Å². The van der Waals surface area contributed by atoms with E-state index in [-0.39, 0.29) is 5.91 Å². The number of nitrogens with two attached hydrogens (primary N) is 1. The lowest BCUT2D eigenvalue weighted by atomic mass is 10.1. The zero-order chi connectivity index (χ0) is 13.7. The number of rotatable bonds is 3. The van der Waals surface area contributed by atoms with Crippen molar-refractivity contribution in [2.24, 2.45) is 5.73 Å². The molecule has 19 heavy (non-hydrogen) atoms. The van der Waals surface area contributed by atoms with Gasteiger partial charge in [0.2, 0.25) is 5.91 Å². The minimum Gasteiger partial charge on any atom is -0.340 e. The fourth-order valence-corrected chi connectivity index (χ4v) is 2.71. The molecule has 1 fully saturated rings. The van der Waals surface area contributed by atoms with Crippen molar-refractivity contribution in [3.8, 4) is 0 Å². The van der Waals surface area contributed by atoms with Crippen LogP contribution in [0.15, 0.2) is 24.3 Å². The molecule has 1 atom stereocenters. The molecule has 1 amide bonds. The molecule has 3 nitrogen and oxygen atoms in total. The van der Waals surface area contributed by atoms with E-state index >= 15 is 0 Å². The highest BCUT2D eigenvalue weighted by molar-refractivity contribution is 5.79. The van der Waals surface area contributed by atoms with Crippen molar-refractivity contribution in [2.45, 2.75) is 51.6 Å². The third-order valence-electron chi connectivity index (χ3n) is 3.99. The standard InChI is InChI=1S/C16H24N2O/c1-13-5-3-2-4-10-18(13)16(19)11-14-6-8-15(12-17)9-7-14/h6-9,13H,2-5,10-12,17H2,1H3. The predicted octanol–water partition coefficient (Wildman–Crippen LogP) is 2.48. The van der Waals surface area contributed by atoms with E-state index in [2.05, 4.69) is 11.8 Å². The Bertz CT molecular complexity index is 413. The van der Waals surface area contributed by atoms with Gasteiger partial charge in [0.05, 0.1) is 6.42 Å². The minimum absolute atomic E-state index is 0.259. The highest BCUT2D eigenvalue weighted by atomic mass is 16.2. The maximum atomic E-state index is 12.4. The maximum Gasteiger partial charge on any atom is 0.227 e. The summed E-state index contributed by atoms with van der Waals surface area (Å²) in [5.41, 5.74) is 7.77. The van der Waals surface area contributed by atoms with Crippen LogP contribution in [-0.2, 0) is 17.8 Å². The van der Waals surface area contributed by atoms with E-state index in [1.54, 1.807) is 0 Å². The average molecular weight is 260 g/mol. The first-order valence-electron chi connectivity index (χ1n) is 7.28. The van der Waals surface area contributed by atoms with Crippen molar-refractivity contribution in [3.63, 3.8) is 0 Å². The van der Waals surface area contributed by atoms with E-state index in [4.69, 9.17) is 5.73 Å². The van der Waals surface area contributed by atoms with Crippen molar-refractivity contribution in [1.29, 1.82) is 0 Å². The van der Waals surface area contributed by atoms with Gasteiger partial charge in [-0.3, -0.25) is 4.79 Å². The SMILES string of the molecule is CC1CCCCCN1C(=O)Cc1ccc(CN)cc1. The molecule has 2 rings (SSSR count). The minimum atomic E-state index is 0.259. The van der Waals surface area contributed by atoms with Crippen LogP contribution in [-0.4, -0.2) is 23.4 Å². The lowest BCUT2D eigenvalue weighted by Crippen LogP contribution is -2.39. The van der Waals surface area contributed by atoms with Crippen LogP contribution >= 0.6 is 0 Å². The zero-order valence-corrected chi connectivity index (χ0v) is 11.8. The first-order valence-corrected chi connectivity index (χ1v) is 7.28. The number of nitrogens with zero attached hydrogens (tertiary/aromatic N) is 1. The van der Waals surface area contributed by atoms with E-state index in [0.717, 1.165) is 30.5 Å². The van der Waals surface area contributed by atoms with Crippen LogP contribution in [0.2, 0.25) is 0 Å². The largest absolute Gasteiger partial charge is 0.340 e. The Morgan fingerprint density at radius 3 is 2.58 bits per heavy atom. The van der Waals surface area contributed by atoms with Crippen LogP contribution in [0.4, 0.5) is 0 Å². The Hall–Kier alpha value is -1.35. The van der Waals surface area contributed by atoms with Gasteiger partial charge in [-0.1, -0.05) is 37.1 Å². The van der Waals surface area contributed by atoms with Crippen LogP contribution in [0.3, 0.4) is 0 Å². The molecule has 1 unspecified atom stereocenters. The van der Waals surface area contributed by atoms with E-state index in [1.807, 2.05) is 24.3 Å². The normalized spacial score (nSPS) is 20.1. The van der Waals surface area contributed by atoms with Crippen molar-refractivity contribution in [3.05, 3.63) is 35.4 Å². The van der Waals surface area contributed by atoms with Crippen molar-refractivity contribution in [1.82, 2.24) is 4.90 Å². The Kier molecular flexibility index (Phi) is 4.97. The van der Waals surface area contributed by atoms with E-state index in [9.17, 15) is 4.79 Å². The Morgan fingerprint density at radius 1 is 1.21 bits per heavy atom. The number of carbonyl (C=O) groups excluding carboxylic acids is 1. The maximum absolute atomic E-state index is 12.4. The number of benzene rings is 1. The molecule has 1 heterocycles. The molecule has 104 valence electrons. The fraction of sp³-hybridized carbons (Fsp3) is 0.562. The van der Waals surface area contributed by atoms with Gasteiger partial charge in [-0.25, -0.2) is 0 Å². The summed E-state index contributed by atoms with van der Waals surface area (Å²) in [4.78, 5) is 14.4. The van der Waals surface area contributed by atoms with Crippen LogP contribution < -0.4 is 5.73 Å². The van der Waals surface area contributed by atoms with Gasteiger partial charge in [-0.15, -0.1) is 0 Å². The summed E-state index contributed by atoms with van der Waals surface area (Å²) < 4.78 is 0. The van der Waals surface area contributed by atoms with Crippen molar-refractivity contribution < 1.29 is 4.79 Å². The molecule has 1 aliphatic heterocycles. The first kappa shape index (κ1) is 14.1. The number of hydrogen-bond donors (Lipinski definition) is 1. The number of amides is 1. The van der Waals surface area contributed by atoms with Gasteiger partial charge in [0.25, 0.3) is 0 Å². The monoisotopic (exact) mass is 260 g/mol. The molecule has 1 aliphatic rings. The Balaban J connectivity index is 1.98. The molecule has 3 heteroatoms. The second kappa shape index (κ2) is 6.71. The second-order valence-corrected chi connectivity index (χ2v) is 5.48. The molecule has 1 saturated heterocycles. The van der Waals surface area contributed by atoms with E-state index in [0.29, 0.717) is 19.0 Å². The Morgan fingerprint density at radius 2 is 1.89 bits per heavy atom. The molecule has 0 radical (unpaired) electrons. The van der Waals surface area contributed by atoms with E-state index < -0.39 is 0 Å². The zero-order valence-electron chi connectivity index (χ0n) is 11.8. The van der Waals surface area contributed by atoms with Crippen LogP contribution in [0, 0.1) is 0 Å². The summed E-state index contributed by atoms with van der Waals surface area (Å²) in [6, 6.07) is 8.44. The smallest absolute Gasteiger partial charge is 0.227 e. The van der Waals surface area contributed by atoms with Crippen LogP contribution in [0.5, 0.6) is 0 Å². The molecule has 1 aromatic rings. The highest BCUT2D eigenvalue weighted by Gasteiger charge is 2.21.